The van der Waals surface area contributed by atoms with Crippen molar-refractivity contribution in [3.05, 3.63) is 40.3 Å². The van der Waals surface area contributed by atoms with Crippen LogP contribution < -0.4 is 5.56 Å². The van der Waals surface area contributed by atoms with Crippen LogP contribution in [0.15, 0.2) is 33.6 Å². The van der Waals surface area contributed by atoms with Crippen molar-refractivity contribution in [2.45, 2.75) is 0 Å². The molecule has 0 aliphatic carbocycles. The van der Waals surface area contributed by atoms with Crippen molar-refractivity contribution in [2.75, 3.05) is 0 Å². The van der Waals surface area contributed by atoms with Crippen LogP contribution in [0.4, 0.5) is 0 Å². The zero-order valence-corrected chi connectivity index (χ0v) is 8.82. The number of benzene rings is 1. The lowest BCUT2D eigenvalue weighted by atomic mass is 10.2. The number of carbonyl (C=O) groups is 1. The monoisotopic (exact) mass is 246 g/mol. The molecule has 0 saturated heterocycles. The average Bonchev–Trinajstić information content (AvgIpc) is 2.72. The zero-order valence-electron chi connectivity index (χ0n) is 8.82. The summed E-state index contributed by atoms with van der Waals surface area (Å²) in [4.78, 5) is 26.4. The minimum Gasteiger partial charge on any atom is -0.501 e. The average molecular weight is 246 g/mol. The molecule has 0 fully saturated rings. The highest BCUT2D eigenvalue weighted by Gasteiger charge is 2.20. The Kier molecular flexibility index (Phi) is 1.91. The van der Waals surface area contributed by atoms with E-state index < -0.39 is 23.0 Å². The first-order chi connectivity index (χ1) is 8.59. The minimum absolute atomic E-state index is 0.0609. The van der Waals surface area contributed by atoms with Gasteiger partial charge in [-0.25, -0.2) is 9.78 Å². The van der Waals surface area contributed by atoms with Gasteiger partial charge in [0.15, 0.2) is 16.9 Å². The Labute approximate surface area is 98.5 Å². The predicted octanol–water partition coefficient (Wildman–Crippen LogP) is 0.844. The van der Waals surface area contributed by atoms with E-state index in [1.165, 1.54) is 0 Å². The molecule has 0 spiro atoms. The third-order valence-corrected chi connectivity index (χ3v) is 2.54. The third kappa shape index (κ3) is 1.21. The molecule has 90 valence electrons. The number of carboxylic acid groups (broad SMARTS) is 1. The van der Waals surface area contributed by atoms with Gasteiger partial charge in [0.05, 0.1) is 5.39 Å². The largest absolute Gasteiger partial charge is 0.501 e. The molecule has 3 aromatic rings. The van der Waals surface area contributed by atoms with Crippen LogP contribution in [0.5, 0.6) is 5.75 Å². The predicted molar refractivity (Wildman–Crippen MR) is 59.9 cm³/mol. The smallest absolute Gasteiger partial charge is 0.358 e. The van der Waals surface area contributed by atoms with Crippen molar-refractivity contribution in [1.29, 1.82) is 0 Å². The Morgan fingerprint density at radius 3 is 2.78 bits per heavy atom. The summed E-state index contributed by atoms with van der Waals surface area (Å²) in [7, 11) is 0. The number of fused-ring (bicyclic) bond motifs is 3. The van der Waals surface area contributed by atoms with E-state index in [0.717, 1.165) is 4.57 Å². The molecule has 0 radical (unpaired) electrons. The number of para-hydroxylation sites is 1. The quantitative estimate of drug-likeness (QED) is 0.659. The Hall–Kier alpha value is -2.83. The van der Waals surface area contributed by atoms with Crippen LogP contribution in [0.2, 0.25) is 0 Å². The van der Waals surface area contributed by atoms with Gasteiger partial charge in [-0.2, -0.15) is 0 Å². The number of carboxylic acids is 1. The van der Waals surface area contributed by atoms with Crippen molar-refractivity contribution in [3.8, 4) is 5.75 Å². The van der Waals surface area contributed by atoms with E-state index in [4.69, 9.17) is 9.63 Å². The fraction of sp³-hybridized carbons (Fsp3) is 0. The molecule has 7 nitrogen and oxygen atoms in total. The fourth-order valence-electron chi connectivity index (χ4n) is 1.73. The highest BCUT2D eigenvalue weighted by atomic mass is 16.5. The Bertz CT molecular complexity index is 846. The topological polar surface area (TPSA) is 105 Å². The van der Waals surface area contributed by atoms with E-state index in [9.17, 15) is 14.7 Å². The Morgan fingerprint density at radius 1 is 1.33 bits per heavy atom. The van der Waals surface area contributed by atoms with Crippen LogP contribution in [-0.4, -0.2) is 25.7 Å². The molecule has 0 saturated carbocycles. The maximum atomic E-state index is 11.7. The lowest BCUT2D eigenvalue weighted by Crippen LogP contribution is -2.17. The molecule has 0 atom stereocenters. The van der Waals surface area contributed by atoms with Crippen molar-refractivity contribution in [3.63, 3.8) is 0 Å². The molecular weight excluding hydrogens is 240 g/mol. The second-order valence-electron chi connectivity index (χ2n) is 3.62. The fourth-order valence-corrected chi connectivity index (χ4v) is 1.73. The van der Waals surface area contributed by atoms with Crippen molar-refractivity contribution in [2.24, 2.45) is 0 Å². The highest BCUT2D eigenvalue weighted by molar-refractivity contribution is 5.94. The molecule has 1 aromatic carbocycles. The molecular formula is C11H6N2O5. The van der Waals surface area contributed by atoms with Gasteiger partial charge in [0.2, 0.25) is 5.75 Å². The molecule has 0 unspecified atom stereocenters. The number of hydrogen-bond acceptors (Lipinski definition) is 5. The number of nitrogens with zero attached hydrogens (tertiary/aromatic N) is 2. The summed E-state index contributed by atoms with van der Waals surface area (Å²) in [6, 6.07) is 6.66. The summed E-state index contributed by atoms with van der Waals surface area (Å²) >= 11 is 0. The van der Waals surface area contributed by atoms with Crippen molar-refractivity contribution in [1.82, 2.24) is 9.56 Å². The van der Waals surface area contributed by atoms with Gasteiger partial charge in [-0.1, -0.05) is 12.1 Å². The van der Waals surface area contributed by atoms with Crippen LogP contribution in [0.1, 0.15) is 10.5 Å². The summed E-state index contributed by atoms with van der Waals surface area (Å²) in [6.07, 6.45) is 0. The molecule has 0 aliphatic heterocycles. The number of aromatic carboxylic acids is 1. The first kappa shape index (κ1) is 10.3. The van der Waals surface area contributed by atoms with Gasteiger partial charge in [0.25, 0.3) is 0 Å². The van der Waals surface area contributed by atoms with E-state index in [1.54, 1.807) is 24.3 Å². The highest BCUT2D eigenvalue weighted by Crippen LogP contribution is 2.21. The number of hydrogen-bond donors (Lipinski definition) is 2. The molecule has 0 aliphatic rings. The van der Waals surface area contributed by atoms with E-state index in [2.05, 4.69) is 4.98 Å². The van der Waals surface area contributed by atoms with Crippen LogP contribution in [0, 0.1) is 0 Å². The van der Waals surface area contributed by atoms with Gasteiger partial charge in [0, 0.05) is 0 Å². The number of aromatic nitrogens is 2. The molecule has 2 heterocycles. The molecule has 18 heavy (non-hydrogen) atoms. The Balaban J connectivity index is 2.59. The summed E-state index contributed by atoms with van der Waals surface area (Å²) in [5.41, 5.74) is -1.20. The lowest BCUT2D eigenvalue weighted by molar-refractivity contribution is 0.0686. The van der Waals surface area contributed by atoms with E-state index in [0.29, 0.717) is 11.0 Å². The van der Waals surface area contributed by atoms with E-state index in [-0.39, 0.29) is 5.65 Å². The summed E-state index contributed by atoms with van der Waals surface area (Å²) < 4.78 is 5.96. The van der Waals surface area contributed by atoms with Gasteiger partial charge >= 0.3 is 11.5 Å². The molecule has 2 aromatic heterocycles. The van der Waals surface area contributed by atoms with Crippen LogP contribution in [-0.2, 0) is 0 Å². The number of aromatic hydroxyl groups is 1. The SMILES string of the molecule is O=C(O)c1nc2c3ccccc3on2c(=O)c1O. The van der Waals surface area contributed by atoms with Crippen molar-refractivity contribution >= 4 is 22.6 Å². The summed E-state index contributed by atoms with van der Waals surface area (Å²) in [6.45, 7) is 0. The van der Waals surface area contributed by atoms with Crippen molar-refractivity contribution < 1.29 is 19.5 Å². The van der Waals surface area contributed by atoms with E-state index >= 15 is 0 Å². The molecule has 3 rings (SSSR count). The maximum absolute atomic E-state index is 11.7. The summed E-state index contributed by atoms with van der Waals surface area (Å²) in [5, 5.41) is 18.8. The Morgan fingerprint density at radius 2 is 2.06 bits per heavy atom. The normalized spacial score (nSPS) is 11.1. The van der Waals surface area contributed by atoms with Crippen LogP contribution in [0.25, 0.3) is 16.6 Å². The van der Waals surface area contributed by atoms with Gasteiger partial charge < -0.3 is 14.7 Å². The summed E-state index contributed by atoms with van der Waals surface area (Å²) in [5.74, 6) is -2.42. The molecule has 0 amide bonds. The molecule has 2 N–H and O–H groups in total. The lowest BCUT2D eigenvalue weighted by Gasteiger charge is -1.97. The minimum atomic E-state index is -1.47. The van der Waals surface area contributed by atoms with E-state index in [1.807, 2.05) is 0 Å². The van der Waals surface area contributed by atoms with Gasteiger partial charge in [-0.3, -0.25) is 4.79 Å². The van der Waals surface area contributed by atoms with Gasteiger partial charge in [-0.05, 0) is 12.1 Å². The van der Waals surface area contributed by atoms with Gasteiger partial charge in [-0.15, -0.1) is 4.57 Å². The van der Waals surface area contributed by atoms with Crippen LogP contribution in [0.3, 0.4) is 0 Å². The standard InChI is InChI=1S/C11H6N2O5/c14-8-7(11(16)17)12-9-5-3-1-2-4-6(5)18-13(9)10(8)15/h1-4,14H,(H,16,17). The molecule has 7 heteroatoms. The van der Waals surface area contributed by atoms with Crippen LogP contribution >= 0.6 is 0 Å². The maximum Gasteiger partial charge on any atom is 0.358 e. The van der Waals surface area contributed by atoms with Gasteiger partial charge in [0.1, 0.15) is 0 Å². The second-order valence-corrected chi connectivity index (χ2v) is 3.62. The number of rotatable bonds is 1. The molecule has 0 bridgehead atoms. The first-order valence-electron chi connectivity index (χ1n) is 4.96. The third-order valence-electron chi connectivity index (χ3n) is 2.54. The first-order valence-corrected chi connectivity index (χ1v) is 4.96. The second kappa shape index (κ2) is 3.33. The zero-order chi connectivity index (χ0) is 12.9.